The van der Waals surface area contributed by atoms with Crippen LogP contribution < -0.4 is 5.32 Å². The Hall–Kier alpha value is -0.0400. The van der Waals surface area contributed by atoms with Gasteiger partial charge in [-0.15, -0.1) is 0 Å². The van der Waals surface area contributed by atoms with Gasteiger partial charge in [-0.3, -0.25) is 0 Å². The van der Waals surface area contributed by atoms with E-state index in [9.17, 15) is 0 Å². The molecular weight excluding hydrogens is 182 g/mol. The normalized spacial score (nSPS) is 27.6. The summed E-state index contributed by atoms with van der Waals surface area (Å²) in [6, 6.07) is 0.837. The number of hydrogen-bond acceptors (Lipinski definition) is 1. The van der Waals surface area contributed by atoms with Gasteiger partial charge >= 0.3 is 0 Å². The van der Waals surface area contributed by atoms with Crippen LogP contribution in [0.5, 0.6) is 0 Å². The Labute approximate surface area is 95.0 Å². The maximum Gasteiger partial charge on any atom is 0.0151 e. The quantitative estimate of drug-likeness (QED) is 0.727. The second-order valence-corrected chi connectivity index (χ2v) is 5.65. The van der Waals surface area contributed by atoms with E-state index in [0.29, 0.717) is 5.41 Å². The Bertz CT molecular complexity index is 190. The van der Waals surface area contributed by atoms with Gasteiger partial charge in [0, 0.05) is 6.04 Å². The second-order valence-electron chi connectivity index (χ2n) is 5.65. The highest BCUT2D eigenvalue weighted by molar-refractivity contribution is 4.99. The lowest BCUT2D eigenvalue weighted by Gasteiger charge is -2.46. The molecule has 0 amide bonds. The Morgan fingerprint density at radius 1 is 1.13 bits per heavy atom. The molecule has 1 atom stereocenters. The van der Waals surface area contributed by atoms with Gasteiger partial charge in [-0.05, 0) is 50.0 Å². The van der Waals surface area contributed by atoms with Gasteiger partial charge < -0.3 is 5.32 Å². The second kappa shape index (κ2) is 4.86. The molecule has 2 fully saturated rings. The molecule has 0 spiro atoms. The first-order valence-electron chi connectivity index (χ1n) is 7.06. The fourth-order valence-corrected chi connectivity index (χ4v) is 3.84. The van der Waals surface area contributed by atoms with Gasteiger partial charge in [-0.25, -0.2) is 0 Å². The fourth-order valence-electron chi connectivity index (χ4n) is 3.84. The molecule has 2 aliphatic carbocycles. The van der Waals surface area contributed by atoms with Crippen LogP contribution in [-0.4, -0.2) is 12.6 Å². The van der Waals surface area contributed by atoms with Crippen molar-refractivity contribution in [3.63, 3.8) is 0 Å². The SMILES string of the molecule is CCNC(C1CCC1)C1(CC)CCCC1. The summed E-state index contributed by atoms with van der Waals surface area (Å²) in [5.41, 5.74) is 0.668. The van der Waals surface area contributed by atoms with Gasteiger partial charge in [0.05, 0.1) is 0 Å². The topological polar surface area (TPSA) is 12.0 Å². The van der Waals surface area contributed by atoms with Crippen molar-refractivity contribution in [3.05, 3.63) is 0 Å². The third kappa shape index (κ3) is 2.08. The van der Waals surface area contributed by atoms with E-state index in [-0.39, 0.29) is 0 Å². The summed E-state index contributed by atoms with van der Waals surface area (Å²) in [5.74, 6) is 1.00. The molecule has 0 saturated heterocycles. The van der Waals surface area contributed by atoms with Crippen molar-refractivity contribution < 1.29 is 0 Å². The van der Waals surface area contributed by atoms with Crippen LogP contribution in [0.3, 0.4) is 0 Å². The molecule has 0 aromatic heterocycles. The lowest BCUT2D eigenvalue weighted by atomic mass is 9.65. The lowest BCUT2D eigenvalue weighted by Crippen LogP contribution is -2.50. The van der Waals surface area contributed by atoms with Crippen molar-refractivity contribution in [2.75, 3.05) is 6.54 Å². The molecule has 0 aromatic carbocycles. The molecule has 1 nitrogen and oxygen atoms in total. The van der Waals surface area contributed by atoms with Crippen molar-refractivity contribution >= 4 is 0 Å². The first-order chi connectivity index (χ1) is 7.32. The smallest absolute Gasteiger partial charge is 0.0151 e. The number of nitrogens with one attached hydrogen (secondary N) is 1. The molecule has 0 aliphatic heterocycles. The molecule has 88 valence electrons. The van der Waals surface area contributed by atoms with Crippen molar-refractivity contribution in [2.24, 2.45) is 11.3 Å². The molecule has 1 heteroatoms. The molecule has 0 bridgehead atoms. The molecule has 2 aliphatic rings. The minimum Gasteiger partial charge on any atom is -0.313 e. The highest BCUT2D eigenvalue weighted by atomic mass is 14.9. The zero-order chi connectivity index (χ0) is 10.7. The molecule has 0 radical (unpaired) electrons. The summed E-state index contributed by atoms with van der Waals surface area (Å²) in [4.78, 5) is 0. The van der Waals surface area contributed by atoms with Gasteiger partial charge in [0.25, 0.3) is 0 Å². The summed E-state index contributed by atoms with van der Waals surface area (Å²) < 4.78 is 0. The molecule has 0 aromatic rings. The highest BCUT2D eigenvalue weighted by Crippen LogP contribution is 2.49. The lowest BCUT2D eigenvalue weighted by molar-refractivity contribution is 0.0901. The molecule has 1 unspecified atom stereocenters. The third-order valence-electron chi connectivity index (χ3n) is 5.01. The van der Waals surface area contributed by atoms with E-state index in [1.54, 1.807) is 0 Å². The summed E-state index contributed by atoms with van der Waals surface area (Å²) >= 11 is 0. The van der Waals surface area contributed by atoms with Crippen LogP contribution in [0, 0.1) is 11.3 Å². The molecule has 2 rings (SSSR count). The van der Waals surface area contributed by atoms with Crippen molar-refractivity contribution in [1.82, 2.24) is 5.32 Å². The average molecular weight is 209 g/mol. The minimum absolute atomic E-state index is 0.668. The number of rotatable bonds is 5. The van der Waals surface area contributed by atoms with Crippen LogP contribution in [0.15, 0.2) is 0 Å². The van der Waals surface area contributed by atoms with E-state index >= 15 is 0 Å². The van der Waals surface area contributed by atoms with Crippen molar-refractivity contribution in [3.8, 4) is 0 Å². The largest absolute Gasteiger partial charge is 0.313 e. The van der Waals surface area contributed by atoms with Crippen molar-refractivity contribution in [1.29, 1.82) is 0 Å². The van der Waals surface area contributed by atoms with Crippen LogP contribution in [0.25, 0.3) is 0 Å². The van der Waals surface area contributed by atoms with E-state index in [4.69, 9.17) is 0 Å². The Balaban J connectivity index is 2.06. The van der Waals surface area contributed by atoms with E-state index in [0.717, 1.165) is 18.5 Å². The summed E-state index contributed by atoms with van der Waals surface area (Å²) in [6.07, 6.45) is 11.8. The average Bonchev–Trinajstić information content (AvgIpc) is 2.64. The Morgan fingerprint density at radius 2 is 1.80 bits per heavy atom. The predicted octanol–water partition coefficient (Wildman–Crippen LogP) is 3.74. The Morgan fingerprint density at radius 3 is 2.20 bits per heavy atom. The third-order valence-corrected chi connectivity index (χ3v) is 5.01. The van der Waals surface area contributed by atoms with Crippen LogP contribution in [0.4, 0.5) is 0 Å². The van der Waals surface area contributed by atoms with E-state index < -0.39 is 0 Å². The van der Waals surface area contributed by atoms with Gasteiger partial charge in [-0.1, -0.05) is 33.1 Å². The molecule has 15 heavy (non-hydrogen) atoms. The van der Waals surface area contributed by atoms with Gasteiger partial charge in [0.1, 0.15) is 0 Å². The summed E-state index contributed by atoms with van der Waals surface area (Å²) in [7, 11) is 0. The Kier molecular flexibility index (Phi) is 3.71. The fraction of sp³-hybridized carbons (Fsp3) is 1.00. The standard InChI is InChI=1S/C14H27N/c1-3-14(10-5-6-11-14)13(15-4-2)12-8-7-9-12/h12-13,15H,3-11H2,1-2H3. The zero-order valence-electron chi connectivity index (χ0n) is 10.5. The first-order valence-corrected chi connectivity index (χ1v) is 7.06. The van der Waals surface area contributed by atoms with E-state index in [1.165, 1.54) is 51.4 Å². The van der Waals surface area contributed by atoms with Gasteiger partial charge in [0.2, 0.25) is 0 Å². The highest BCUT2D eigenvalue weighted by Gasteiger charge is 2.44. The van der Waals surface area contributed by atoms with Crippen LogP contribution in [0.2, 0.25) is 0 Å². The summed E-state index contributed by atoms with van der Waals surface area (Å²) in [6.45, 7) is 5.83. The van der Waals surface area contributed by atoms with Crippen LogP contribution in [-0.2, 0) is 0 Å². The molecule has 0 heterocycles. The molecule has 1 N–H and O–H groups in total. The monoisotopic (exact) mass is 209 g/mol. The van der Waals surface area contributed by atoms with Crippen LogP contribution in [0.1, 0.15) is 65.2 Å². The van der Waals surface area contributed by atoms with E-state index in [2.05, 4.69) is 19.2 Å². The molecule has 2 saturated carbocycles. The zero-order valence-corrected chi connectivity index (χ0v) is 10.5. The van der Waals surface area contributed by atoms with Gasteiger partial charge in [-0.2, -0.15) is 0 Å². The summed E-state index contributed by atoms with van der Waals surface area (Å²) in [5, 5.41) is 3.82. The number of hydrogen-bond donors (Lipinski definition) is 1. The van der Waals surface area contributed by atoms with Crippen molar-refractivity contribution in [2.45, 2.75) is 71.3 Å². The van der Waals surface area contributed by atoms with Gasteiger partial charge in [0.15, 0.2) is 0 Å². The first kappa shape index (κ1) is 11.4. The minimum atomic E-state index is 0.668. The predicted molar refractivity (Wildman–Crippen MR) is 66.0 cm³/mol. The maximum atomic E-state index is 3.82. The maximum absolute atomic E-state index is 3.82. The molecular formula is C14H27N. The van der Waals surface area contributed by atoms with E-state index in [1.807, 2.05) is 0 Å². The van der Waals surface area contributed by atoms with Crippen LogP contribution >= 0.6 is 0 Å².